The highest BCUT2D eigenvalue weighted by atomic mass is 32.2. The largest absolute Gasteiger partial charge is 0.506 e. The molecule has 1 atom stereocenters. The molecule has 1 fully saturated rings. The molecule has 1 saturated heterocycles. The third kappa shape index (κ3) is 3.64. The van der Waals surface area contributed by atoms with E-state index in [1.165, 1.54) is 6.07 Å². The van der Waals surface area contributed by atoms with Gasteiger partial charge < -0.3 is 10.4 Å². The Balaban J connectivity index is 1.86. The molecule has 1 amide bonds. The first-order valence-electron chi connectivity index (χ1n) is 8.90. The first kappa shape index (κ1) is 18.9. The monoisotopic (exact) mass is 385 g/mol. The van der Waals surface area contributed by atoms with Crippen molar-refractivity contribution in [3.8, 4) is 5.75 Å². The zero-order valence-corrected chi connectivity index (χ0v) is 15.5. The Hall–Kier alpha value is -1.87. The van der Waals surface area contributed by atoms with Crippen molar-refractivity contribution >= 4 is 21.8 Å². The van der Waals surface area contributed by atoms with Gasteiger partial charge in [0.2, 0.25) is 0 Å². The van der Waals surface area contributed by atoms with Crippen LogP contribution in [0.5, 0.6) is 5.75 Å². The van der Waals surface area contributed by atoms with Crippen LogP contribution in [-0.4, -0.2) is 39.1 Å². The number of rotatable bonds is 6. The molecule has 0 aromatic heterocycles. The van der Waals surface area contributed by atoms with E-state index in [9.17, 15) is 18.3 Å². The van der Waals surface area contributed by atoms with Crippen LogP contribution >= 0.6 is 0 Å². The summed E-state index contributed by atoms with van der Waals surface area (Å²) >= 11 is 0. The topological polar surface area (TPSA) is 98.7 Å². The molecule has 0 spiro atoms. The number of carbonyl (C=O) groups excluding carboxylic acids is 1. The van der Waals surface area contributed by atoms with Gasteiger partial charge in [0.1, 0.15) is 18.0 Å². The number of phenols is 1. The highest BCUT2D eigenvalue weighted by molar-refractivity contribution is 7.92. The summed E-state index contributed by atoms with van der Waals surface area (Å²) < 4.78 is 41.6. The van der Waals surface area contributed by atoms with Gasteiger partial charge in [-0.05, 0) is 61.9 Å². The van der Waals surface area contributed by atoms with Crippen molar-refractivity contribution in [3.05, 3.63) is 23.0 Å². The number of phenolic OH excluding ortho intramolecular Hbond substituents is 1. The average Bonchev–Trinajstić information content (AvgIpc) is 2.84. The molecule has 1 aliphatic heterocycles. The summed E-state index contributed by atoms with van der Waals surface area (Å²) in [5, 5.41) is 13.6. The van der Waals surface area contributed by atoms with Gasteiger partial charge in [-0.1, -0.05) is 13.3 Å². The fraction of sp³-hybridized carbons (Fsp3) is 0.588. The molecule has 7 nitrogen and oxygen atoms in total. The molecule has 0 saturated carbocycles. The van der Waals surface area contributed by atoms with E-state index in [-0.39, 0.29) is 5.92 Å². The second-order valence-corrected chi connectivity index (χ2v) is 8.49. The van der Waals surface area contributed by atoms with Crippen molar-refractivity contribution in [2.45, 2.75) is 39.0 Å². The molecule has 1 heterocycles. The van der Waals surface area contributed by atoms with E-state index in [1.807, 2.05) is 0 Å². The smallest absolute Gasteiger partial charge is 0.326 e. The van der Waals surface area contributed by atoms with Crippen LogP contribution in [0.15, 0.2) is 6.07 Å². The minimum Gasteiger partial charge on any atom is -0.506 e. The Morgan fingerprint density at radius 3 is 2.88 bits per heavy atom. The van der Waals surface area contributed by atoms with Gasteiger partial charge >= 0.3 is 10.2 Å². The molecule has 26 heavy (non-hydrogen) atoms. The summed E-state index contributed by atoms with van der Waals surface area (Å²) in [5.74, 6) is -1.71. The Kier molecular flexibility index (Phi) is 5.38. The number of hydrogen-bond acceptors (Lipinski definition) is 5. The van der Waals surface area contributed by atoms with E-state index in [1.54, 1.807) is 4.72 Å². The van der Waals surface area contributed by atoms with Crippen molar-refractivity contribution in [2.75, 3.05) is 23.9 Å². The van der Waals surface area contributed by atoms with E-state index in [0.717, 1.165) is 32.4 Å². The Labute approximate surface area is 152 Å². The number of carbonyl (C=O) groups is 1. The number of aromatic hydroxyl groups is 1. The van der Waals surface area contributed by atoms with Gasteiger partial charge in [-0.25, -0.2) is 13.4 Å². The van der Waals surface area contributed by atoms with E-state index in [4.69, 9.17) is 0 Å². The van der Waals surface area contributed by atoms with Gasteiger partial charge in [-0.15, -0.1) is 0 Å². The third-order valence-corrected chi connectivity index (χ3v) is 6.32. The first-order chi connectivity index (χ1) is 12.3. The molecule has 2 aliphatic rings. The number of aryl methyl sites for hydroxylation is 1. The minimum atomic E-state index is -4.17. The molecule has 0 radical (unpaired) electrons. The predicted molar refractivity (Wildman–Crippen MR) is 95.8 cm³/mol. The second kappa shape index (κ2) is 7.40. The number of unbranched alkanes of at least 4 members (excludes halogenated alkanes) is 1. The summed E-state index contributed by atoms with van der Waals surface area (Å²) in [6.45, 7) is 3.28. The molecule has 3 N–H and O–H groups in total. The van der Waals surface area contributed by atoms with Crippen LogP contribution in [0.2, 0.25) is 0 Å². The molecule has 1 aromatic rings. The van der Waals surface area contributed by atoms with Crippen LogP contribution in [0, 0.1) is 11.7 Å². The zero-order chi connectivity index (χ0) is 18.9. The standard InChI is InChI=1S/C17H24FN3O4S/c1-2-3-6-19-9-11-4-5-12-8-14(22)17(16(18)13(12)7-11)21-10-15(23)20-26(21,24)25/h8,11,19,22H,2-7,9-10H2,1H3,(H,20,23). The Morgan fingerprint density at radius 1 is 1.46 bits per heavy atom. The minimum absolute atomic E-state index is 0.251. The number of amides is 1. The number of halogens is 1. The number of hydrogen-bond donors (Lipinski definition) is 3. The third-order valence-electron chi connectivity index (χ3n) is 4.94. The molecular weight excluding hydrogens is 361 g/mol. The fourth-order valence-corrected chi connectivity index (χ4v) is 4.74. The van der Waals surface area contributed by atoms with Gasteiger partial charge in [0, 0.05) is 0 Å². The van der Waals surface area contributed by atoms with Crippen molar-refractivity contribution < 1.29 is 22.7 Å². The number of nitrogens with one attached hydrogen (secondary N) is 2. The molecule has 9 heteroatoms. The summed E-state index contributed by atoms with van der Waals surface area (Å²) in [6.07, 6.45) is 4.18. The van der Waals surface area contributed by atoms with Crippen molar-refractivity contribution in [2.24, 2.45) is 5.92 Å². The normalized spacial score (nSPS) is 21.5. The lowest BCUT2D eigenvalue weighted by Crippen LogP contribution is -2.32. The average molecular weight is 385 g/mol. The molecular formula is C17H24FN3O4S. The van der Waals surface area contributed by atoms with Gasteiger partial charge in [0.15, 0.2) is 5.82 Å². The summed E-state index contributed by atoms with van der Waals surface area (Å²) in [7, 11) is -4.17. The maximum absolute atomic E-state index is 15.1. The molecule has 0 bridgehead atoms. The SMILES string of the molecule is CCCCNCC1CCc2cc(O)c(N3CC(=O)NS3(=O)=O)c(F)c2C1. The molecule has 1 unspecified atom stereocenters. The number of nitrogens with zero attached hydrogens (tertiary/aromatic N) is 1. The number of anilines is 1. The van der Waals surface area contributed by atoms with Gasteiger partial charge in [-0.2, -0.15) is 8.42 Å². The lowest BCUT2D eigenvalue weighted by atomic mass is 9.83. The number of fused-ring (bicyclic) bond motifs is 1. The van der Waals surface area contributed by atoms with Crippen LogP contribution in [-0.2, 0) is 27.8 Å². The van der Waals surface area contributed by atoms with Gasteiger partial charge in [-0.3, -0.25) is 4.79 Å². The zero-order valence-electron chi connectivity index (χ0n) is 14.7. The Bertz CT molecular complexity index is 813. The van der Waals surface area contributed by atoms with Crippen LogP contribution in [0.1, 0.15) is 37.3 Å². The van der Waals surface area contributed by atoms with Crippen LogP contribution < -0.4 is 14.3 Å². The molecule has 1 aliphatic carbocycles. The quantitative estimate of drug-likeness (QED) is 0.640. The van der Waals surface area contributed by atoms with E-state index >= 15 is 4.39 Å². The first-order valence-corrected chi connectivity index (χ1v) is 10.3. The maximum atomic E-state index is 15.1. The summed E-state index contributed by atoms with van der Waals surface area (Å²) in [6, 6.07) is 1.42. The van der Waals surface area contributed by atoms with Crippen LogP contribution in [0.4, 0.5) is 10.1 Å². The van der Waals surface area contributed by atoms with Crippen molar-refractivity contribution in [3.63, 3.8) is 0 Å². The lowest BCUT2D eigenvalue weighted by molar-refractivity contribution is -0.117. The van der Waals surface area contributed by atoms with Crippen molar-refractivity contribution in [1.29, 1.82) is 0 Å². The predicted octanol–water partition coefficient (Wildman–Crippen LogP) is 1.21. The van der Waals surface area contributed by atoms with Crippen LogP contribution in [0.25, 0.3) is 0 Å². The fourth-order valence-electron chi connectivity index (χ4n) is 3.58. The molecule has 144 valence electrons. The van der Waals surface area contributed by atoms with E-state index in [0.29, 0.717) is 28.3 Å². The second-order valence-electron chi connectivity index (χ2n) is 6.90. The summed E-state index contributed by atoms with van der Waals surface area (Å²) in [4.78, 5) is 11.4. The van der Waals surface area contributed by atoms with Crippen molar-refractivity contribution in [1.82, 2.24) is 10.0 Å². The highest BCUT2D eigenvalue weighted by Crippen LogP contribution is 2.40. The molecule has 1 aromatic carbocycles. The van der Waals surface area contributed by atoms with Gasteiger partial charge in [0.05, 0.1) is 0 Å². The Morgan fingerprint density at radius 2 is 2.23 bits per heavy atom. The van der Waals surface area contributed by atoms with Gasteiger partial charge in [0.25, 0.3) is 5.91 Å². The lowest BCUT2D eigenvalue weighted by Gasteiger charge is -2.28. The maximum Gasteiger partial charge on any atom is 0.326 e. The van der Waals surface area contributed by atoms with Crippen LogP contribution in [0.3, 0.4) is 0 Å². The summed E-state index contributed by atoms with van der Waals surface area (Å²) in [5.41, 5.74) is 0.687. The number of benzene rings is 1. The van der Waals surface area contributed by atoms with E-state index < -0.39 is 39.9 Å². The van der Waals surface area contributed by atoms with E-state index in [2.05, 4.69) is 12.2 Å². The molecule has 3 rings (SSSR count). The highest BCUT2D eigenvalue weighted by Gasteiger charge is 2.39.